The van der Waals surface area contributed by atoms with Gasteiger partial charge in [-0.15, -0.1) is 0 Å². The molecule has 278 valence electrons. The smallest absolute Gasteiger partial charge is 0.257 e. The Hall–Kier alpha value is -7.45. The van der Waals surface area contributed by atoms with Gasteiger partial charge in [0, 0.05) is 33.7 Å². The van der Waals surface area contributed by atoms with E-state index in [-0.39, 0.29) is 11.8 Å². The second kappa shape index (κ2) is 15.7. The van der Waals surface area contributed by atoms with Crippen LogP contribution in [0.3, 0.4) is 0 Å². The number of anilines is 1. The van der Waals surface area contributed by atoms with Gasteiger partial charge in [-0.05, 0) is 92.4 Å². The van der Waals surface area contributed by atoms with E-state index >= 15 is 0 Å². The molecule has 3 aromatic heterocycles. The molecule has 57 heavy (non-hydrogen) atoms. The van der Waals surface area contributed by atoms with Crippen molar-refractivity contribution >= 4 is 40.7 Å². The number of aliphatic imine (C=N–C) groups is 1. The van der Waals surface area contributed by atoms with Crippen molar-refractivity contribution in [2.75, 3.05) is 5.32 Å². The maximum absolute atomic E-state index is 14.0. The highest BCUT2D eigenvalue weighted by Gasteiger charge is 2.31. The molecule has 7 aromatic rings. The monoisotopic (exact) mass is 744 g/mol. The van der Waals surface area contributed by atoms with Gasteiger partial charge in [0.05, 0.1) is 33.9 Å². The predicted molar refractivity (Wildman–Crippen MR) is 230 cm³/mol. The number of pyridine rings is 2. The number of amidine groups is 1. The van der Waals surface area contributed by atoms with E-state index in [0.717, 1.165) is 50.3 Å². The van der Waals surface area contributed by atoms with Crippen molar-refractivity contribution in [3.63, 3.8) is 0 Å². The molecule has 0 aliphatic carbocycles. The number of aryl methyl sites for hydroxylation is 4. The molecule has 4 aromatic carbocycles. The lowest BCUT2D eigenvalue weighted by atomic mass is 9.94. The van der Waals surface area contributed by atoms with Gasteiger partial charge in [-0.25, -0.2) is 4.99 Å². The maximum Gasteiger partial charge on any atom is 0.257 e. The van der Waals surface area contributed by atoms with Crippen molar-refractivity contribution in [2.45, 2.75) is 27.7 Å². The summed E-state index contributed by atoms with van der Waals surface area (Å²) >= 11 is 0. The number of hydrogen-bond acceptors (Lipinski definition) is 5. The van der Waals surface area contributed by atoms with E-state index in [1.54, 1.807) is 0 Å². The number of aromatic nitrogens is 3. The zero-order chi connectivity index (χ0) is 39.5. The third-order valence-corrected chi connectivity index (χ3v) is 9.95. The molecule has 8 heteroatoms. The van der Waals surface area contributed by atoms with Crippen LogP contribution >= 0.6 is 0 Å². The lowest BCUT2D eigenvalue weighted by molar-refractivity contribution is 0.0975. The van der Waals surface area contributed by atoms with Crippen molar-refractivity contribution in [1.82, 2.24) is 20.3 Å². The van der Waals surface area contributed by atoms with E-state index in [9.17, 15) is 9.59 Å². The van der Waals surface area contributed by atoms with Gasteiger partial charge in [0.2, 0.25) is 0 Å². The molecule has 1 aliphatic heterocycles. The number of aromatic amines is 1. The van der Waals surface area contributed by atoms with Crippen molar-refractivity contribution in [2.24, 2.45) is 4.99 Å². The summed E-state index contributed by atoms with van der Waals surface area (Å²) in [6.45, 7) is 7.73. The Bertz CT molecular complexity index is 2760. The number of H-pyrrole nitrogens is 1. The SMILES string of the molecule is Cc1cccc(C2=C(c3ccccc3)C(=Cc3[nH]c(NC(=O)c4ccccc4C)c(-c4cccc(C)n4)c3-c3ccccc3)N=C2NC(=O)c2ccccc2C)n1. The predicted octanol–water partition coefficient (Wildman–Crippen LogP) is 10.4. The van der Waals surface area contributed by atoms with Gasteiger partial charge in [0.1, 0.15) is 11.7 Å². The first-order chi connectivity index (χ1) is 27.7. The number of nitrogens with one attached hydrogen (secondary N) is 3. The Balaban J connectivity index is 1.39. The number of benzene rings is 4. The number of carbonyl (C=O) groups excluding carboxylic acids is 2. The molecule has 1 aliphatic rings. The lowest BCUT2D eigenvalue weighted by Crippen LogP contribution is -2.31. The zero-order valence-corrected chi connectivity index (χ0v) is 32.1. The van der Waals surface area contributed by atoms with Crippen LogP contribution in [-0.4, -0.2) is 32.6 Å². The van der Waals surface area contributed by atoms with E-state index in [2.05, 4.69) is 15.6 Å². The number of allylic oxidation sites excluding steroid dienone is 1. The van der Waals surface area contributed by atoms with E-state index in [0.29, 0.717) is 51.1 Å². The molecule has 8 nitrogen and oxygen atoms in total. The molecular weight excluding hydrogens is 705 g/mol. The van der Waals surface area contributed by atoms with Crippen LogP contribution < -0.4 is 10.6 Å². The van der Waals surface area contributed by atoms with Crippen molar-refractivity contribution < 1.29 is 9.59 Å². The second-order valence-corrected chi connectivity index (χ2v) is 14.0. The average Bonchev–Trinajstić information content (AvgIpc) is 3.75. The quantitative estimate of drug-likeness (QED) is 0.144. The van der Waals surface area contributed by atoms with Gasteiger partial charge < -0.3 is 15.6 Å². The minimum absolute atomic E-state index is 0.250. The van der Waals surface area contributed by atoms with Crippen LogP contribution in [0.4, 0.5) is 5.82 Å². The van der Waals surface area contributed by atoms with E-state index in [1.165, 1.54) is 0 Å². The summed E-state index contributed by atoms with van der Waals surface area (Å²) < 4.78 is 0. The van der Waals surface area contributed by atoms with Gasteiger partial charge >= 0.3 is 0 Å². The van der Waals surface area contributed by atoms with Gasteiger partial charge in [-0.1, -0.05) is 109 Å². The van der Waals surface area contributed by atoms with Gasteiger partial charge in [0.15, 0.2) is 0 Å². The first kappa shape index (κ1) is 36.5. The number of nitrogens with zero attached hydrogens (tertiary/aromatic N) is 3. The lowest BCUT2D eigenvalue weighted by Gasteiger charge is -2.13. The fourth-order valence-electron chi connectivity index (χ4n) is 7.21. The highest BCUT2D eigenvalue weighted by atomic mass is 16.2. The fraction of sp³-hybridized carbons (Fsp3) is 0.0816. The molecule has 4 heterocycles. The van der Waals surface area contributed by atoms with Crippen LogP contribution in [0.25, 0.3) is 39.6 Å². The van der Waals surface area contributed by atoms with Gasteiger partial charge in [0.25, 0.3) is 11.8 Å². The summed E-state index contributed by atoms with van der Waals surface area (Å²) in [5.41, 5.74) is 12.0. The largest absolute Gasteiger partial charge is 0.341 e. The summed E-state index contributed by atoms with van der Waals surface area (Å²) in [5, 5.41) is 6.36. The summed E-state index contributed by atoms with van der Waals surface area (Å²) in [7, 11) is 0. The molecule has 0 radical (unpaired) electrons. The van der Waals surface area contributed by atoms with E-state index in [1.807, 2.05) is 179 Å². The molecule has 0 atom stereocenters. The Morgan fingerprint density at radius 1 is 0.526 bits per heavy atom. The average molecular weight is 745 g/mol. The molecule has 0 fully saturated rings. The van der Waals surface area contributed by atoms with Crippen LogP contribution in [0.1, 0.15) is 60.2 Å². The fourth-order valence-corrected chi connectivity index (χ4v) is 7.21. The van der Waals surface area contributed by atoms with Crippen molar-refractivity contribution in [3.8, 4) is 22.4 Å². The highest BCUT2D eigenvalue weighted by Crippen LogP contribution is 2.44. The van der Waals surface area contributed by atoms with Gasteiger partial charge in [-0.2, -0.15) is 0 Å². The maximum atomic E-state index is 14.0. The van der Waals surface area contributed by atoms with Crippen LogP contribution in [0.15, 0.2) is 156 Å². The standard InChI is InChI=1S/C49H40N6O2/c1-30-17-11-13-25-36(30)48(56)54-46-44(38-27-15-19-32(3)50-38)42(34-21-7-5-8-22-34)40(52-46)29-41-43(35-23-9-6-10-24-35)45(39-28-16-20-33(4)51-39)47(53-41)55-49(57)37-26-14-12-18-31(37)2/h5-29,52H,1-4H3,(H,54,56)(H,53,55,57). The minimum Gasteiger partial charge on any atom is -0.341 e. The molecule has 0 unspecified atom stereocenters. The van der Waals surface area contributed by atoms with Crippen molar-refractivity contribution in [1.29, 1.82) is 0 Å². The first-order valence-electron chi connectivity index (χ1n) is 18.8. The molecule has 0 bridgehead atoms. The first-order valence-corrected chi connectivity index (χ1v) is 18.8. The Morgan fingerprint density at radius 2 is 1.05 bits per heavy atom. The van der Waals surface area contributed by atoms with Crippen molar-refractivity contribution in [3.05, 3.63) is 202 Å². The third kappa shape index (κ3) is 7.49. The Kier molecular flexibility index (Phi) is 10.1. The van der Waals surface area contributed by atoms with E-state index < -0.39 is 0 Å². The van der Waals surface area contributed by atoms with Gasteiger partial charge in [-0.3, -0.25) is 19.6 Å². The zero-order valence-electron chi connectivity index (χ0n) is 32.1. The number of rotatable bonds is 8. The molecular formula is C49H40N6O2. The highest BCUT2D eigenvalue weighted by molar-refractivity contribution is 6.38. The molecule has 0 saturated heterocycles. The van der Waals surface area contributed by atoms with Crippen LogP contribution in [0.5, 0.6) is 0 Å². The number of amides is 2. The second-order valence-electron chi connectivity index (χ2n) is 14.0. The third-order valence-electron chi connectivity index (χ3n) is 9.95. The molecule has 2 amide bonds. The topological polar surface area (TPSA) is 112 Å². The molecule has 0 saturated carbocycles. The molecule has 0 spiro atoms. The minimum atomic E-state index is -0.274. The molecule has 8 rings (SSSR count). The van der Waals surface area contributed by atoms with Crippen LogP contribution in [0.2, 0.25) is 0 Å². The van der Waals surface area contributed by atoms with E-state index in [4.69, 9.17) is 15.0 Å². The Labute approximate surface area is 331 Å². The summed E-state index contributed by atoms with van der Waals surface area (Å²) in [6, 6.07) is 46.7. The summed E-state index contributed by atoms with van der Waals surface area (Å²) in [4.78, 5) is 46.7. The summed E-state index contributed by atoms with van der Waals surface area (Å²) in [5.74, 6) is 0.352. The number of hydrogen-bond donors (Lipinski definition) is 3. The van der Waals surface area contributed by atoms with Crippen LogP contribution in [0, 0.1) is 27.7 Å². The molecule has 3 N–H and O–H groups in total. The van der Waals surface area contributed by atoms with Crippen LogP contribution in [-0.2, 0) is 0 Å². The normalized spacial score (nSPS) is 13.1. The Morgan fingerprint density at radius 3 is 1.65 bits per heavy atom. The number of carbonyl (C=O) groups is 2. The summed E-state index contributed by atoms with van der Waals surface area (Å²) in [6.07, 6.45) is 1.98.